The van der Waals surface area contributed by atoms with Crippen molar-refractivity contribution >= 4 is 27.4 Å². The van der Waals surface area contributed by atoms with Crippen LogP contribution in [0.1, 0.15) is 77.8 Å². The third-order valence-electron chi connectivity index (χ3n) is 12.9. The van der Waals surface area contributed by atoms with Crippen molar-refractivity contribution in [3.05, 3.63) is 70.9 Å². The second kappa shape index (κ2) is 14.6. The van der Waals surface area contributed by atoms with Crippen LogP contribution in [0.3, 0.4) is 0 Å². The van der Waals surface area contributed by atoms with E-state index in [1.807, 2.05) is 26.2 Å². The lowest BCUT2D eigenvalue weighted by molar-refractivity contribution is -0.0419. The monoisotopic (exact) mass is 759 g/mol. The molecule has 2 aromatic carbocycles. The summed E-state index contributed by atoms with van der Waals surface area (Å²) in [5.41, 5.74) is 3.73. The molecule has 1 saturated heterocycles. The highest BCUT2D eigenvalue weighted by Crippen LogP contribution is 2.48. The highest BCUT2D eigenvalue weighted by molar-refractivity contribution is 7.92. The number of carbonyl (C=O) groups is 2. The number of ether oxygens (including phenoxy) is 4. The fourth-order valence-corrected chi connectivity index (χ4v) is 11.9. The Hall–Kier alpha value is -3.94. The molecule has 1 N–H and O–H groups in total. The van der Waals surface area contributed by atoms with Gasteiger partial charge in [0.1, 0.15) is 21.2 Å². The zero-order valence-electron chi connectivity index (χ0n) is 32.0. The minimum atomic E-state index is -3.68. The minimum Gasteiger partial charge on any atom is -0.490 e. The third kappa shape index (κ3) is 6.81. The van der Waals surface area contributed by atoms with Crippen molar-refractivity contribution in [3.8, 4) is 11.6 Å². The molecular formula is C41H53N5O7S. The highest BCUT2D eigenvalue weighted by atomic mass is 32.2. The van der Waals surface area contributed by atoms with E-state index >= 15 is 0 Å². The van der Waals surface area contributed by atoms with Gasteiger partial charge in [-0.1, -0.05) is 38.1 Å². The summed E-state index contributed by atoms with van der Waals surface area (Å²) in [7, 11) is 1.23. The van der Waals surface area contributed by atoms with Crippen LogP contribution in [-0.4, -0.2) is 84.3 Å². The summed E-state index contributed by atoms with van der Waals surface area (Å²) in [6, 6.07) is 14.1. The normalized spacial score (nSPS) is 33.6. The van der Waals surface area contributed by atoms with E-state index in [0.717, 1.165) is 63.1 Å². The van der Waals surface area contributed by atoms with Crippen molar-refractivity contribution in [1.82, 2.24) is 14.5 Å². The first kappa shape index (κ1) is 37.0. The fraction of sp³-hybridized carbons (Fsp3) is 0.585. The molecule has 8 rings (SSSR count). The number of benzene rings is 2. The molecule has 290 valence electrons. The smallest absolute Gasteiger partial charge is 0.286 e. The molecule has 2 amide bonds. The lowest BCUT2D eigenvalue weighted by Gasteiger charge is -2.47. The topological polar surface area (TPSA) is 134 Å². The summed E-state index contributed by atoms with van der Waals surface area (Å²) in [5, 5.41) is 4.19. The Kier molecular flexibility index (Phi) is 10.0. The van der Waals surface area contributed by atoms with Crippen LogP contribution in [-0.2, 0) is 38.3 Å². The standard InChI is InChI=1S/C41H53N5O7S/c1-25-21-52-37-26(2)22-54(49,44-39(48)32-20-45(3)42-40(32)51-5)43-38(47)28-13-15-35-34(17-28)46(19-29-12-14-30(29)36(50-4)18-31(25)37)23-41(24-53-35)16-8-10-27-9-6-7-11-33(27)41/h6-7,9,11,13,15,17,20,25-26,29-31,36-37H,8,10,12,14,16,18-19,21-24H2,1-5H3,(H,43,44,47,48,49)/t25-,26+,29-,30+,31-,36-,37+,41-,54-/m0/s1. The molecule has 1 spiro atoms. The number of carbonyl (C=O) groups excluding carboxylic acids is 2. The Morgan fingerprint density at radius 2 is 1.93 bits per heavy atom. The molecule has 0 radical (unpaired) electrons. The van der Waals surface area contributed by atoms with Gasteiger partial charge in [0.15, 0.2) is 0 Å². The Balaban J connectivity index is 1.23. The van der Waals surface area contributed by atoms with Gasteiger partial charge in [0.05, 0.1) is 37.4 Å². The van der Waals surface area contributed by atoms with Gasteiger partial charge in [0.25, 0.3) is 11.8 Å². The van der Waals surface area contributed by atoms with Crippen LogP contribution in [0.5, 0.6) is 11.6 Å². The predicted molar refractivity (Wildman–Crippen MR) is 205 cm³/mol. The first-order valence-corrected chi connectivity index (χ1v) is 21.1. The third-order valence-corrected chi connectivity index (χ3v) is 14.9. The number of amides is 2. The average molecular weight is 760 g/mol. The van der Waals surface area contributed by atoms with Gasteiger partial charge in [-0.2, -0.15) is 0 Å². The number of hydrogen-bond donors (Lipinski definition) is 1. The number of fused-ring (bicyclic) bond motifs is 5. The molecule has 3 aliphatic heterocycles. The van der Waals surface area contributed by atoms with Crippen LogP contribution in [0.2, 0.25) is 0 Å². The molecule has 5 aliphatic rings. The van der Waals surface area contributed by atoms with Crippen LogP contribution in [0.15, 0.2) is 53.0 Å². The molecule has 2 fully saturated rings. The van der Waals surface area contributed by atoms with Crippen molar-refractivity contribution in [2.45, 2.75) is 70.0 Å². The van der Waals surface area contributed by atoms with Crippen molar-refractivity contribution in [1.29, 1.82) is 0 Å². The van der Waals surface area contributed by atoms with Gasteiger partial charge in [-0.3, -0.25) is 19.0 Å². The van der Waals surface area contributed by atoms with Crippen LogP contribution in [0, 0.1) is 29.6 Å². The SMILES string of the molecule is COc1nn(C)cc1C(=O)N[S@@]1(=O)=NC(=O)c2ccc3c(c2)N(C[C@@H]2CC[C@H]2[C@@H](OC)C[C@@H]2[C@H](OC[C@@H]2C)[C@H](C)C1)C[C@@]1(CCCc2ccccc21)CO3. The maximum atomic E-state index is 15.0. The van der Waals surface area contributed by atoms with E-state index in [-0.39, 0.29) is 58.1 Å². The number of anilines is 1. The van der Waals surface area contributed by atoms with Gasteiger partial charge in [-0.15, -0.1) is 9.46 Å². The molecule has 13 heteroatoms. The van der Waals surface area contributed by atoms with Gasteiger partial charge in [-0.05, 0) is 97.4 Å². The molecule has 9 atom stereocenters. The van der Waals surface area contributed by atoms with Crippen LogP contribution >= 0.6 is 0 Å². The van der Waals surface area contributed by atoms with Gasteiger partial charge < -0.3 is 23.8 Å². The quantitative estimate of drug-likeness (QED) is 0.362. The predicted octanol–water partition coefficient (Wildman–Crippen LogP) is 5.59. The molecule has 0 unspecified atom stereocenters. The Bertz CT molecular complexity index is 2040. The number of rotatable bonds is 4. The molecular weight excluding hydrogens is 707 g/mol. The summed E-state index contributed by atoms with van der Waals surface area (Å²) in [4.78, 5) is 30.4. The summed E-state index contributed by atoms with van der Waals surface area (Å²) in [6.45, 7) is 6.84. The number of nitrogens with one attached hydrogen (secondary N) is 1. The Morgan fingerprint density at radius 1 is 1.09 bits per heavy atom. The number of aryl methyl sites for hydroxylation is 2. The van der Waals surface area contributed by atoms with E-state index in [0.29, 0.717) is 25.0 Å². The van der Waals surface area contributed by atoms with Crippen LogP contribution in [0.25, 0.3) is 0 Å². The van der Waals surface area contributed by atoms with Gasteiger partial charge >= 0.3 is 0 Å². The highest BCUT2D eigenvalue weighted by Gasteiger charge is 2.47. The first-order valence-electron chi connectivity index (χ1n) is 19.4. The van der Waals surface area contributed by atoms with Gasteiger partial charge in [0, 0.05) is 51.0 Å². The second-order valence-corrected chi connectivity index (χ2v) is 18.4. The van der Waals surface area contributed by atoms with E-state index in [1.54, 1.807) is 13.1 Å². The van der Waals surface area contributed by atoms with Crippen molar-refractivity contribution in [2.75, 3.05) is 51.2 Å². The maximum Gasteiger partial charge on any atom is 0.286 e. The number of aromatic nitrogens is 2. The molecule has 3 aromatic rings. The average Bonchev–Trinajstić information content (AvgIpc) is 3.67. The maximum absolute atomic E-state index is 15.0. The lowest BCUT2D eigenvalue weighted by Crippen LogP contribution is -2.50. The summed E-state index contributed by atoms with van der Waals surface area (Å²) in [5.74, 6) is 0.248. The Morgan fingerprint density at radius 3 is 2.70 bits per heavy atom. The van der Waals surface area contributed by atoms with E-state index < -0.39 is 21.7 Å². The molecule has 1 aromatic heterocycles. The number of hydrogen-bond acceptors (Lipinski definition) is 9. The molecule has 1 saturated carbocycles. The van der Waals surface area contributed by atoms with Crippen molar-refractivity contribution < 1.29 is 32.7 Å². The molecule has 4 heterocycles. The summed E-state index contributed by atoms with van der Waals surface area (Å²) in [6.07, 6.45) is 7.42. The van der Waals surface area contributed by atoms with Crippen molar-refractivity contribution in [2.24, 2.45) is 41.0 Å². The zero-order chi connectivity index (χ0) is 37.8. The first-order chi connectivity index (χ1) is 26.0. The summed E-state index contributed by atoms with van der Waals surface area (Å²) < 4.78 is 48.3. The number of nitrogens with zero attached hydrogens (tertiary/aromatic N) is 4. The summed E-state index contributed by atoms with van der Waals surface area (Å²) >= 11 is 0. The number of methoxy groups -OCH3 is 2. The van der Waals surface area contributed by atoms with E-state index in [9.17, 15) is 13.8 Å². The molecule has 54 heavy (non-hydrogen) atoms. The van der Waals surface area contributed by atoms with Gasteiger partial charge in [-0.25, -0.2) is 4.21 Å². The lowest BCUT2D eigenvalue weighted by atomic mass is 9.67. The fourth-order valence-electron chi connectivity index (χ4n) is 10.0. The van der Waals surface area contributed by atoms with E-state index in [1.165, 1.54) is 29.1 Å². The largest absolute Gasteiger partial charge is 0.490 e. The van der Waals surface area contributed by atoms with E-state index in [2.05, 4.69) is 50.3 Å². The minimum absolute atomic E-state index is 0.0345. The van der Waals surface area contributed by atoms with Crippen LogP contribution < -0.4 is 19.1 Å². The molecule has 12 nitrogen and oxygen atoms in total. The van der Waals surface area contributed by atoms with Crippen molar-refractivity contribution in [3.63, 3.8) is 0 Å². The van der Waals surface area contributed by atoms with Crippen LogP contribution in [0.4, 0.5) is 5.69 Å². The second-order valence-electron chi connectivity index (χ2n) is 16.4. The molecule has 2 bridgehead atoms. The van der Waals surface area contributed by atoms with E-state index in [4.69, 9.17) is 18.9 Å². The Labute approximate surface area is 318 Å². The van der Waals surface area contributed by atoms with Gasteiger partial charge in [0.2, 0.25) is 5.88 Å². The molecule has 2 aliphatic carbocycles. The zero-order valence-corrected chi connectivity index (χ0v) is 32.8.